The second-order valence-electron chi connectivity index (χ2n) is 8.39. The molecule has 0 N–H and O–H groups in total. The van der Waals surface area contributed by atoms with E-state index in [0.29, 0.717) is 43.0 Å². The Hall–Kier alpha value is -3.35. The molecule has 0 aliphatic carbocycles. The summed E-state index contributed by atoms with van der Waals surface area (Å²) in [7, 11) is 0. The van der Waals surface area contributed by atoms with Crippen LogP contribution in [0.1, 0.15) is 24.3 Å². The quantitative estimate of drug-likeness (QED) is 0.439. The van der Waals surface area contributed by atoms with Gasteiger partial charge in [-0.2, -0.15) is 13.2 Å². The van der Waals surface area contributed by atoms with E-state index in [1.165, 1.54) is 37.3 Å². The minimum Gasteiger partial charge on any atom is -0.463 e. The molecule has 4 heterocycles. The van der Waals surface area contributed by atoms with E-state index in [1.54, 1.807) is 12.1 Å². The highest BCUT2D eigenvalue weighted by atomic mass is 35.5. The molecule has 200 valence electrons. The number of carbonyl (C=O) groups is 1. The molecule has 13 heteroatoms. The molecular formula is C25H21ClF3N3O5S. The lowest BCUT2D eigenvalue weighted by Crippen LogP contribution is -2.41. The third-order valence-electron chi connectivity index (χ3n) is 5.99. The van der Waals surface area contributed by atoms with Gasteiger partial charge in [0.05, 0.1) is 36.0 Å². The Morgan fingerprint density at radius 3 is 2.58 bits per heavy atom. The number of benzene rings is 1. The smallest absolute Gasteiger partial charge is 0.434 e. The summed E-state index contributed by atoms with van der Waals surface area (Å²) in [6.45, 7) is 3.73. The number of hydrogen-bond donors (Lipinski definition) is 0. The first kappa shape index (κ1) is 26.3. The SMILES string of the molecule is CCOC(=O)C1=C(C(F)(F)F)N=c2s/c(=C\c3ccc(N4CCOCC4)o3)c(=O)n2[C@@H]1c1ccc(Cl)cc1. The predicted octanol–water partition coefficient (Wildman–Crippen LogP) is 3.42. The maximum absolute atomic E-state index is 14.2. The summed E-state index contributed by atoms with van der Waals surface area (Å²) in [6, 6.07) is 7.86. The van der Waals surface area contributed by atoms with Crippen LogP contribution >= 0.6 is 22.9 Å². The first-order chi connectivity index (χ1) is 18.2. The number of allylic oxidation sites excluding steroid dienone is 1. The van der Waals surface area contributed by atoms with Crippen LogP contribution in [0.3, 0.4) is 0 Å². The molecule has 2 aromatic heterocycles. The number of ether oxygens (including phenoxy) is 2. The highest BCUT2D eigenvalue weighted by Gasteiger charge is 2.45. The van der Waals surface area contributed by atoms with Gasteiger partial charge in [-0.25, -0.2) is 9.79 Å². The van der Waals surface area contributed by atoms with Crippen molar-refractivity contribution in [2.45, 2.75) is 19.1 Å². The first-order valence-corrected chi connectivity index (χ1v) is 12.8. The number of furan rings is 1. The van der Waals surface area contributed by atoms with Gasteiger partial charge in [-0.1, -0.05) is 35.1 Å². The lowest BCUT2D eigenvalue weighted by molar-refractivity contribution is -0.140. The number of carbonyl (C=O) groups excluding carboxylic acids is 1. The number of nitrogens with zero attached hydrogens (tertiary/aromatic N) is 3. The molecule has 5 rings (SSSR count). The van der Waals surface area contributed by atoms with Crippen LogP contribution in [-0.2, 0) is 14.3 Å². The van der Waals surface area contributed by atoms with Crippen LogP contribution in [0, 0.1) is 0 Å². The monoisotopic (exact) mass is 567 g/mol. The van der Waals surface area contributed by atoms with E-state index in [1.807, 2.05) is 4.90 Å². The van der Waals surface area contributed by atoms with Crippen molar-refractivity contribution in [3.05, 3.63) is 83.7 Å². The van der Waals surface area contributed by atoms with E-state index < -0.39 is 35.0 Å². The summed E-state index contributed by atoms with van der Waals surface area (Å²) in [4.78, 5) is 32.0. The second kappa shape index (κ2) is 10.4. The Labute approximate surface area is 222 Å². The zero-order valence-corrected chi connectivity index (χ0v) is 21.5. The van der Waals surface area contributed by atoms with Crippen LogP contribution in [0.5, 0.6) is 0 Å². The lowest BCUT2D eigenvalue weighted by Gasteiger charge is -2.26. The van der Waals surface area contributed by atoms with Gasteiger partial charge in [-0.05, 0) is 30.7 Å². The minimum atomic E-state index is -4.98. The van der Waals surface area contributed by atoms with Crippen molar-refractivity contribution < 1.29 is 31.9 Å². The molecule has 2 aliphatic rings. The molecule has 1 aromatic carbocycles. The van der Waals surface area contributed by atoms with Crippen molar-refractivity contribution in [3.63, 3.8) is 0 Å². The fourth-order valence-corrected chi connectivity index (χ4v) is 5.41. The molecule has 0 bridgehead atoms. The molecule has 2 aliphatic heterocycles. The predicted molar refractivity (Wildman–Crippen MR) is 134 cm³/mol. The fraction of sp³-hybridized carbons (Fsp3) is 0.320. The second-order valence-corrected chi connectivity index (χ2v) is 9.84. The van der Waals surface area contributed by atoms with Crippen LogP contribution in [0.25, 0.3) is 6.08 Å². The Morgan fingerprint density at radius 2 is 1.92 bits per heavy atom. The van der Waals surface area contributed by atoms with Gasteiger partial charge in [0.15, 0.2) is 16.4 Å². The number of hydrogen-bond acceptors (Lipinski definition) is 8. The van der Waals surface area contributed by atoms with Crippen molar-refractivity contribution in [3.8, 4) is 0 Å². The van der Waals surface area contributed by atoms with Gasteiger partial charge >= 0.3 is 12.1 Å². The molecule has 1 atom stereocenters. The molecule has 1 fully saturated rings. The number of alkyl halides is 3. The van der Waals surface area contributed by atoms with E-state index in [9.17, 15) is 22.8 Å². The van der Waals surface area contributed by atoms with Crippen molar-refractivity contribution in [1.82, 2.24) is 4.57 Å². The van der Waals surface area contributed by atoms with Crippen LogP contribution < -0.4 is 19.8 Å². The Bertz CT molecular complexity index is 1570. The maximum atomic E-state index is 14.2. The van der Waals surface area contributed by atoms with Crippen molar-refractivity contribution in [1.29, 1.82) is 0 Å². The molecular weight excluding hydrogens is 547 g/mol. The van der Waals surface area contributed by atoms with Gasteiger partial charge in [0.25, 0.3) is 5.56 Å². The third-order valence-corrected chi connectivity index (χ3v) is 7.22. The summed E-state index contributed by atoms with van der Waals surface area (Å²) in [5.74, 6) is -0.269. The molecule has 1 saturated heterocycles. The van der Waals surface area contributed by atoms with Gasteiger partial charge in [0.2, 0.25) is 0 Å². The summed E-state index contributed by atoms with van der Waals surface area (Å²) < 4.78 is 59.9. The van der Waals surface area contributed by atoms with Crippen molar-refractivity contribution in [2.24, 2.45) is 4.99 Å². The topological polar surface area (TPSA) is 86.3 Å². The Balaban J connectivity index is 1.68. The molecule has 0 spiro atoms. The highest BCUT2D eigenvalue weighted by molar-refractivity contribution is 7.07. The maximum Gasteiger partial charge on any atom is 0.434 e. The first-order valence-electron chi connectivity index (χ1n) is 11.7. The summed E-state index contributed by atoms with van der Waals surface area (Å²) in [5.41, 5.74) is -2.56. The zero-order valence-electron chi connectivity index (χ0n) is 20.0. The molecule has 8 nitrogen and oxygen atoms in total. The normalized spacial score (nSPS) is 18.4. The molecule has 38 heavy (non-hydrogen) atoms. The van der Waals surface area contributed by atoms with Crippen LogP contribution in [0.2, 0.25) is 5.02 Å². The van der Waals surface area contributed by atoms with E-state index in [2.05, 4.69) is 4.99 Å². The number of fused-ring (bicyclic) bond motifs is 1. The van der Waals surface area contributed by atoms with Crippen molar-refractivity contribution >= 4 is 40.9 Å². The van der Waals surface area contributed by atoms with Gasteiger partial charge in [0, 0.05) is 30.3 Å². The Morgan fingerprint density at radius 1 is 1.21 bits per heavy atom. The largest absolute Gasteiger partial charge is 0.463 e. The average Bonchev–Trinajstić information content (AvgIpc) is 3.48. The van der Waals surface area contributed by atoms with Gasteiger partial charge in [-0.3, -0.25) is 9.36 Å². The fourth-order valence-electron chi connectivity index (χ4n) is 4.30. The third kappa shape index (κ3) is 5.03. The van der Waals surface area contributed by atoms with Gasteiger partial charge < -0.3 is 18.8 Å². The van der Waals surface area contributed by atoms with E-state index in [-0.39, 0.29) is 21.5 Å². The number of thiazole rings is 1. The average molecular weight is 568 g/mol. The van der Waals surface area contributed by atoms with Gasteiger partial charge in [0.1, 0.15) is 5.76 Å². The van der Waals surface area contributed by atoms with Crippen LogP contribution in [0.15, 0.2) is 61.9 Å². The number of aromatic nitrogens is 1. The van der Waals surface area contributed by atoms with E-state index in [4.69, 9.17) is 25.5 Å². The minimum absolute atomic E-state index is 0.0947. The molecule has 0 radical (unpaired) electrons. The van der Waals surface area contributed by atoms with E-state index in [0.717, 1.165) is 15.9 Å². The van der Waals surface area contributed by atoms with Gasteiger partial charge in [-0.15, -0.1) is 0 Å². The molecule has 3 aromatic rings. The number of anilines is 1. The van der Waals surface area contributed by atoms with Crippen LogP contribution in [-0.4, -0.2) is 49.6 Å². The van der Waals surface area contributed by atoms with Crippen molar-refractivity contribution in [2.75, 3.05) is 37.8 Å². The standard InChI is InChI=1S/C25H21ClF3N3O5S/c1-2-36-23(34)19-20(14-3-5-15(26)6-4-14)32-22(33)17(38-24(32)30-21(19)25(27,28)29)13-16-7-8-18(37-16)31-9-11-35-12-10-31/h3-8,13,20H,2,9-12H2,1H3/b17-13-/t20-/m1/s1. The highest BCUT2D eigenvalue weighted by Crippen LogP contribution is 2.38. The summed E-state index contributed by atoms with van der Waals surface area (Å²) >= 11 is 6.76. The van der Waals surface area contributed by atoms with Crippen LogP contribution in [0.4, 0.5) is 19.1 Å². The number of rotatable bonds is 5. The number of morpholine rings is 1. The molecule has 0 saturated carbocycles. The Kier molecular flexibility index (Phi) is 7.21. The summed E-state index contributed by atoms with van der Waals surface area (Å²) in [6.07, 6.45) is -3.52. The van der Waals surface area contributed by atoms with E-state index >= 15 is 0 Å². The molecule has 0 unspecified atom stereocenters. The zero-order chi connectivity index (χ0) is 27.0. The summed E-state index contributed by atoms with van der Waals surface area (Å²) in [5, 5.41) is 0.341. The number of halogens is 4. The molecule has 0 amide bonds. The lowest BCUT2D eigenvalue weighted by atomic mass is 9.95. The number of esters is 1.